The van der Waals surface area contributed by atoms with Crippen LogP contribution in [0.1, 0.15) is 37.7 Å². The Balaban J connectivity index is 1.54. The van der Waals surface area contributed by atoms with Crippen LogP contribution in [0.25, 0.3) is 0 Å². The van der Waals surface area contributed by atoms with E-state index in [9.17, 15) is 18.4 Å². The normalized spacial score (nSPS) is 19.9. The zero-order valence-electron chi connectivity index (χ0n) is 18.3. The molecular formula is C23H23Cl2F2N3O4. The summed E-state index contributed by atoms with van der Waals surface area (Å²) >= 11 is 12.2. The summed E-state index contributed by atoms with van der Waals surface area (Å²) in [6.07, 6.45) is 5.13. The van der Waals surface area contributed by atoms with Crippen LogP contribution in [-0.2, 0) is 9.59 Å². The second kappa shape index (κ2) is 10.3. The van der Waals surface area contributed by atoms with E-state index in [4.69, 9.17) is 27.9 Å². The molecule has 7 nitrogen and oxygen atoms in total. The van der Waals surface area contributed by atoms with E-state index in [-0.39, 0.29) is 45.6 Å². The van der Waals surface area contributed by atoms with Gasteiger partial charge in [-0.15, -0.1) is 0 Å². The summed E-state index contributed by atoms with van der Waals surface area (Å²) in [7, 11) is 0. The van der Waals surface area contributed by atoms with Crippen molar-refractivity contribution >= 4 is 40.7 Å². The largest absolute Gasteiger partial charge is 0.489 e. The first kappa shape index (κ1) is 24.5. The molecule has 1 saturated carbocycles. The fraction of sp³-hybridized carbons (Fsp3) is 0.435. The van der Waals surface area contributed by atoms with E-state index in [1.807, 2.05) is 0 Å². The first-order valence-corrected chi connectivity index (χ1v) is 11.6. The molecule has 0 spiro atoms. The molecule has 2 atom stereocenters. The molecule has 2 aromatic rings. The number of aromatic nitrogens is 1. The highest BCUT2D eigenvalue weighted by molar-refractivity contribution is 6.39. The number of benzene rings is 1. The van der Waals surface area contributed by atoms with Gasteiger partial charge < -0.3 is 19.7 Å². The Morgan fingerprint density at radius 3 is 2.53 bits per heavy atom. The minimum absolute atomic E-state index is 0.0444. The number of amides is 2. The van der Waals surface area contributed by atoms with Gasteiger partial charge in [-0.1, -0.05) is 29.3 Å². The monoisotopic (exact) mass is 513 g/mol. The SMILES string of the molecule is CC(=O)N1CC(c2ccc(OC(F)F)c(OCC3CC3)c2)CC1C(=O)Nc1c(Cl)cncc1Cl. The van der Waals surface area contributed by atoms with Crippen LogP contribution in [0.4, 0.5) is 14.5 Å². The van der Waals surface area contributed by atoms with E-state index in [1.54, 1.807) is 12.1 Å². The van der Waals surface area contributed by atoms with Crippen molar-refractivity contribution in [2.45, 2.75) is 44.8 Å². The standard InChI is InChI=1S/C23H23Cl2F2N3O4/c1-12(31)30-10-15(6-18(30)22(32)29-21-16(24)8-28-9-17(21)25)14-4-5-19(34-23(26)27)20(7-14)33-11-13-2-3-13/h4-5,7-9,13,15,18,23H,2-3,6,10-11H2,1H3,(H,28,29,32). The maximum absolute atomic E-state index is 13.1. The van der Waals surface area contributed by atoms with Gasteiger partial charge in [0, 0.05) is 31.8 Å². The number of carbonyl (C=O) groups excluding carboxylic acids is 2. The van der Waals surface area contributed by atoms with Crippen LogP contribution >= 0.6 is 23.2 Å². The van der Waals surface area contributed by atoms with Gasteiger partial charge in [0.05, 0.1) is 22.3 Å². The van der Waals surface area contributed by atoms with E-state index in [0.717, 1.165) is 18.4 Å². The van der Waals surface area contributed by atoms with Gasteiger partial charge in [0.25, 0.3) is 0 Å². The number of rotatable bonds is 8. The van der Waals surface area contributed by atoms with Crippen molar-refractivity contribution in [1.29, 1.82) is 0 Å². The van der Waals surface area contributed by atoms with Crippen LogP contribution in [0.2, 0.25) is 10.0 Å². The second-order valence-corrected chi connectivity index (χ2v) is 9.24. The highest BCUT2D eigenvalue weighted by Gasteiger charge is 2.39. The van der Waals surface area contributed by atoms with Crippen LogP contribution in [0.15, 0.2) is 30.6 Å². The molecule has 2 fully saturated rings. The predicted octanol–water partition coefficient (Wildman–Crippen LogP) is 5.12. The molecule has 1 aromatic carbocycles. The summed E-state index contributed by atoms with van der Waals surface area (Å²) in [6, 6.07) is 3.98. The van der Waals surface area contributed by atoms with Gasteiger partial charge in [-0.2, -0.15) is 8.78 Å². The summed E-state index contributed by atoms with van der Waals surface area (Å²) in [6.45, 7) is -0.888. The molecule has 1 saturated heterocycles. The third-order valence-corrected chi connectivity index (χ3v) is 6.51. The molecule has 2 aliphatic rings. The first-order chi connectivity index (χ1) is 16.2. The van der Waals surface area contributed by atoms with Gasteiger partial charge in [0.15, 0.2) is 11.5 Å². The number of anilines is 1. The Labute approximate surface area is 205 Å². The number of pyridine rings is 1. The summed E-state index contributed by atoms with van der Waals surface area (Å²) < 4.78 is 36.0. The molecule has 2 heterocycles. The third-order valence-electron chi connectivity index (χ3n) is 5.94. The third kappa shape index (κ3) is 5.70. The van der Waals surface area contributed by atoms with Gasteiger partial charge in [0.2, 0.25) is 11.8 Å². The van der Waals surface area contributed by atoms with Crippen molar-refractivity contribution in [3.05, 3.63) is 46.2 Å². The number of alkyl halides is 2. The zero-order chi connectivity index (χ0) is 24.4. The molecular weight excluding hydrogens is 491 g/mol. The second-order valence-electron chi connectivity index (χ2n) is 8.43. The molecule has 2 amide bonds. The van der Waals surface area contributed by atoms with Crippen LogP contribution in [-0.4, -0.2) is 47.5 Å². The fourth-order valence-corrected chi connectivity index (χ4v) is 4.45. The van der Waals surface area contributed by atoms with Crippen molar-refractivity contribution in [2.24, 2.45) is 5.92 Å². The number of carbonyl (C=O) groups is 2. The van der Waals surface area contributed by atoms with Crippen molar-refractivity contribution < 1.29 is 27.8 Å². The average Bonchev–Trinajstić information content (AvgIpc) is 3.50. The summed E-state index contributed by atoms with van der Waals surface area (Å²) in [5.74, 6) is -0.318. The van der Waals surface area contributed by atoms with Crippen LogP contribution in [0.5, 0.6) is 11.5 Å². The van der Waals surface area contributed by atoms with Gasteiger partial charge in [0.1, 0.15) is 6.04 Å². The maximum Gasteiger partial charge on any atom is 0.387 e. The van der Waals surface area contributed by atoms with E-state index in [2.05, 4.69) is 15.0 Å². The van der Waals surface area contributed by atoms with E-state index in [0.29, 0.717) is 18.9 Å². The first-order valence-electron chi connectivity index (χ1n) is 10.8. The van der Waals surface area contributed by atoms with Crippen LogP contribution in [0, 0.1) is 5.92 Å². The van der Waals surface area contributed by atoms with Crippen molar-refractivity contribution in [3.63, 3.8) is 0 Å². The number of ether oxygens (including phenoxy) is 2. The van der Waals surface area contributed by atoms with Gasteiger partial charge >= 0.3 is 6.61 Å². The molecule has 182 valence electrons. The summed E-state index contributed by atoms with van der Waals surface area (Å²) in [4.78, 5) is 30.7. The molecule has 11 heteroatoms. The molecule has 4 rings (SSSR count). The topological polar surface area (TPSA) is 80.8 Å². The van der Waals surface area contributed by atoms with Crippen LogP contribution < -0.4 is 14.8 Å². The Morgan fingerprint density at radius 1 is 1.21 bits per heavy atom. The number of nitrogens with zero attached hydrogens (tertiary/aromatic N) is 2. The minimum Gasteiger partial charge on any atom is -0.489 e. The number of halogens is 4. The lowest BCUT2D eigenvalue weighted by atomic mass is 9.95. The molecule has 1 aliphatic heterocycles. The Morgan fingerprint density at radius 2 is 1.91 bits per heavy atom. The molecule has 1 aromatic heterocycles. The van der Waals surface area contributed by atoms with E-state index < -0.39 is 18.6 Å². The van der Waals surface area contributed by atoms with E-state index >= 15 is 0 Å². The Kier molecular flexibility index (Phi) is 7.42. The highest BCUT2D eigenvalue weighted by Crippen LogP contribution is 2.39. The van der Waals surface area contributed by atoms with Crippen molar-refractivity contribution in [2.75, 3.05) is 18.5 Å². The lowest BCUT2D eigenvalue weighted by molar-refractivity contribution is -0.134. The molecule has 1 N–H and O–H groups in total. The summed E-state index contributed by atoms with van der Waals surface area (Å²) in [5.41, 5.74) is 0.980. The van der Waals surface area contributed by atoms with Gasteiger partial charge in [-0.3, -0.25) is 14.6 Å². The summed E-state index contributed by atoms with van der Waals surface area (Å²) in [5, 5.41) is 3.05. The number of hydrogen-bond acceptors (Lipinski definition) is 5. The van der Waals surface area contributed by atoms with Crippen LogP contribution in [0.3, 0.4) is 0 Å². The van der Waals surface area contributed by atoms with E-state index in [1.165, 1.54) is 30.3 Å². The quantitative estimate of drug-likeness (QED) is 0.529. The molecule has 1 aliphatic carbocycles. The van der Waals surface area contributed by atoms with Gasteiger partial charge in [-0.05, 0) is 42.9 Å². The maximum atomic E-state index is 13.1. The molecule has 2 unspecified atom stereocenters. The molecule has 0 bridgehead atoms. The smallest absolute Gasteiger partial charge is 0.387 e. The highest BCUT2D eigenvalue weighted by atomic mass is 35.5. The average molecular weight is 514 g/mol. The minimum atomic E-state index is -2.98. The number of likely N-dealkylation sites (tertiary alicyclic amines) is 1. The Bertz CT molecular complexity index is 1060. The Hall–Kier alpha value is -2.65. The number of hydrogen-bond donors (Lipinski definition) is 1. The number of nitrogens with one attached hydrogen (secondary N) is 1. The lowest BCUT2D eigenvalue weighted by Crippen LogP contribution is -2.42. The van der Waals surface area contributed by atoms with Gasteiger partial charge in [-0.25, -0.2) is 0 Å². The molecule has 0 radical (unpaired) electrons. The fourth-order valence-electron chi connectivity index (χ4n) is 3.99. The zero-order valence-corrected chi connectivity index (χ0v) is 19.8. The molecule has 34 heavy (non-hydrogen) atoms. The predicted molar refractivity (Wildman–Crippen MR) is 123 cm³/mol. The van der Waals surface area contributed by atoms with Crippen molar-refractivity contribution in [1.82, 2.24) is 9.88 Å². The lowest BCUT2D eigenvalue weighted by Gasteiger charge is -2.22. The van der Waals surface area contributed by atoms with Crippen molar-refractivity contribution in [3.8, 4) is 11.5 Å².